The molecule has 1 aliphatic heterocycles. The SMILES string of the molecule is Cc1c(C(=O)NC(C)(C)c2ccc([N+](=O)[O-])cc2)nnn1C1CCNCC1. The topological polar surface area (TPSA) is 115 Å². The van der Waals surface area contributed by atoms with Crippen LogP contribution in [0, 0.1) is 17.0 Å². The number of nitro benzene ring substituents is 1. The van der Waals surface area contributed by atoms with E-state index in [2.05, 4.69) is 20.9 Å². The normalized spacial score (nSPS) is 15.5. The molecule has 2 aromatic rings. The molecule has 1 fully saturated rings. The number of hydrogen-bond acceptors (Lipinski definition) is 6. The zero-order valence-electron chi connectivity index (χ0n) is 15.7. The lowest BCUT2D eigenvalue weighted by molar-refractivity contribution is -0.384. The highest BCUT2D eigenvalue weighted by Crippen LogP contribution is 2.24. The first-order valence-corrected chi connectivity index (χ1v) is 8.99. The molecule has 3 rings (SSSR count). The van der Waals surface area contributed by atoms with Gasteiger partial charge in [0.05, 0.1) is 22.2 Å². The van der Waals surface area contributed by atoms with Crippen molar-refractivity contribution >= 4 is 11.6 Å². The summed E-state index contributed by atoms with van der Waals surface area (Å²) in [6.07, 6.45) is 1.92. The van der Waals surface area contributed by atoms with Gasteiger partial charge in [-0.15, -0.1) is 5.10 Å². The molecule has 0 atom stereocenters. The van der Waals surface area contributed by atoms with Gasteiger partial charge in [-0.05, 0) is 64.4 Å². The van der Waals surface area contributed by atoms with E-state index in [1.807, 2.05) is 25.5 Å². The Balaban J connectivity index is 1.76. The first-order valence-electron chi connectivity index (χ1n) is 8.99. The number of hydrogen-bond donors (Lipinski definition) is 2. The number of rotatable bonds is 5. The molecule has 1 saturated heterocycles. The fourth-order valence-electron chi connectivity index (χ4n) is 3.36. The number of piperidine rings is 1. The van der Waals surface area contributed by atoms with Crippen molar-refractivity contribution in [3.8, 4) is 0 Å². The lowest BCUT2D eigenvalue weighted by Crippen LogP contribution is -2.41. The van der Waals surface area contributed by atoms with Gasteiger partial charge < -0.3 is 10.6 Å². The maximum Gasteiger partial charge on any atom is 0.274 e. The molecule has 1 aliphatic rings. The highest BCUT2D eigenvalue weighted by molar-refractivity contribution is 5.93. The van der Waals surface area contributed by atoms with Gasteiger partial charge in [0.25, 0.3) is 11.6 Å². The van der Waals surface area contributed by atoms with Gasteiger partial charge in [-0.2, -0.15) is 0 Å². The number of non-ortho nitro benzene ring substituents is 1. The van der Waals surface area contributed by atoms with E-state index in [1.165, 1.54) is 12.1 Å². The van der Waals surface area contributed by atoms with Crippen LogP contribution in [0.3, 0.4) is 0 Å². The summed E-state index contributed by atoms with van der Waals surface area (Å²) < 4.78 is 1.84. The standard InChI is InChI=1S/C18H24N6O3/c1-12-16(21-22-23(12)14-8-10-19-11-9-14)17(25)20-18(2,3)13-4-6-15(7-5-13)24(26)27/h4-7,14,19H,8-11H2,1-3H3,(H,20,25). The number of nitrogens with zero attached hydrogens (tertiary/aromatic N) is 4. The monoisotopic (exact) mass is 372 g/mol. The van der Waals surface area contributed by atoms with Crippen LogP contribution in [-0.4, -0.2) is 38.9 Å². The van der Waals surface area contributed by atoms with Crippen molar-refractivity contribution in [2.24, 2.45) is 0 Å². The maximum atomic E-state index is 12.8. The van der Waals surface area contributed by atoms with Gasteiger partial charge in [-0.25, -0.2) is 4.68 Å². The van der Waals surface area contributed by atoms with Crippen LogP contribution in [0.5, 0.6) is 0 Å². The molecule has 144 valence electrons. The van der Waals surface area contributed by atoms with Gasteiger partial charge in [0, 0.05) is 12.1 Å². The zero-order chi connectivity index (χ0) is 19.6. The molecule has 0 saturated carbocycles. The second-order valence-electron chi connectivity index (χ2n) is 7.33. The van der Waals surface area contributed by atoms with E-state index < -0.39 is 10.5 Å². The Hall–Kier alpha value is -2.81. The fourth-order valence-corrected chi connectivity index (χ4v) is 3.36. The van der Waals surface area contributed by atoms with E-state index >= 15 is 0 Å². The van der Waals surface area contributed by atoms with E-state index in [0.717, 1.165) is 37.2 Å². The van der Waals surface area contributed by atoms with E-state index in [1.54, 1.807) is 12.1 Å². The van der Waals surface area contributed by atoms with Crippen LogP contribution < -0.4 is 10.6 Å². The number of nitrogens with one attached hydrogen (secondary N) is 2. The number of amides is 1. The summed E-state index contributed by atoms with van der Waals surface area (Å²) in [7, 11) is 0. The second-order valence-corrected chi connectivity index (χ2v) is 7.33. The fraction of sp³-hybridized carbons (Fsp3) is 0.500. The third-order valence-corrected chi connectivity index (χ3v) is 5.02. The minimum absolute atomic E-state index is 0.0154. The smallest absolute Gasteiger partial charge is 0.274 e. The molecule has 0 unspecified atom stereocenters. The number of aromatic nitrogens is 3. The van der Waals surface area contributed by atoms with Crippen molar-refractivity contribution in [1.82, 2.24) is 25.6 Å². The molecular formula is C18H24N6O3. The van der Waals surface area contributed by atoms with Crippen molar-refractivity contribution in [1.29, 1.82) is 0 Å². The predicted octanol–water partition coefficient (Wildman–Crippen LogP) is 2.08. The molecule has 1 amide bonds. The first-order chi connectivity index (χ1) is 12.8. The van der Waals surface area contributed by atoms with Crippen LogP contribution in [0.15, 0.2) is 24.3 Å². The molecule has 9 heteroatoms. The summed E-state index contributed by atoms with van der Waals surface area (Å²) in [5.41, 5.74) is 1.13. The molecule has 0 spiro atoms. The van der Waals surface area contributed by atoms with Gasteiger partial charge in [0.15, 0.2) is 5.69 Å². The molecule has 1 aromatic heterocycles. The molecule has 1 aromatic carbocycles. The lowest BCUT2D eigenvalue weighted by atomic mass is 9.94. The van der Waals surface area contributed by atoms with Crippen LogP contribution in [0.2, 0.25) is 0 Å². The van der Waals surface area contributed by atoms with Crippen LogP contribution in [0.25, 0.3) is 0 Å². The van der Waals surface area contributed by atoms with E-state index in [0.29, 0.717) is 5.69 Å². The van der Waals surface area contributed by atoms with Crippen molar-refractivity contribution in [3.05, 3.63) is 51.3 Å². The minimum atomic E-state index is -0.711. The van der Waals surface area contributed by atoms with Crippen molar-refractivity contribution in [2.75, 3.05) is 13.1 Å². The Kier molecular flexibility index (Phi) is 5.22. The summed E-state index contributed by atoms with van der Waals surface area (Å²) in [5.74, 6) is -0.309. The highest BCUT2D eigenvalue weighted by Gasteiger charge is 2.28. The van der Waals surface area contributed by atoms with Gasteiger partial charge in [0.2, 0.25) is 0 Å². The Labute approximate surface area is 157 Å². The molecule has 9 nitrogen and oxygen atoms in total. The zero-order valence-corrected chi connectivity index (χ0v) is 15.7. The first kappa shape index (κ1) is 19.0. The molecule has 2 heterocycles. The van der Waals surface area contributed by atoms with E-state index in [4.69, 9.17) is 0 Å². The maximum absolute atomic E-state index is 12.8. The summed E-state index contributed by atoms with van der Waals surface area (Å²) in [6.45, 7) is 7.41. The third-order valence-electron chi connectivity index (χ3n) is 5.02. The highest BCUT2D eigenvalue weighted by atomic mass is 16.6. The number of carbonyl (C=O) groups excluding carboxylic acids is 1. The second kappa shape index (κ2) is 7.43. The van der Waals surface area contributed by atoms with Crippen molar-refractivity contribution in [2.45, 2.75) is 45.2 Å². The molecule has 0 radical (unpaired) electrons. The quantitative estimate of drug-likeness (QED) is 0.613. The van der Waals surface area contributed by atoms with Crippen LogP contribution in [0.4, 0.5) is 5.69 Å². The minimum Gasteiger partial charge on any atom is -0.342 e. The summed E-state index contributed by atoms with van der Waals surface area (Å²) in [5, 5.41) is 25.4. The summed E-state index contributed by atoms with van der Waals surface area (Å²) in [6, 6.07) is 6.42. The van der Waals surface area contributed by atoms with Gasteiger partial charge >= 0.3 is 0 Å². The van der Waals surface area contributed by atoms with Gasteiger partial charge in [0.1, 0.15) is 0 Å². The van der Waals surface area contributed by atoms with Crippen molar-refractivity contribution < 1.29 is 9.72 Å². The molecule has 27 heavy (non-hydrogen) atoms. The van der Waals surface area contributed by atoms with Crippen molar-refractivity contribution in [3.63, 3.8) is 0 Å². The van der Waals surface area contributed by atoms with E-state index in [-0.39, 0.29) is 17.6 Å². The average Bonchev–Trinajstić information content (AvgIpc) is 3.04. The van der Waals surface area contributed by atoms with Crippen LogP contribution in [0.1, 0.15) is 54.5 Å². The van der Waals surface area contributed by atoms with Gasteiger partial charge in [-0.3, -0.25) is 14.9 Å². The Morgan fingerprint density at radius 1 is 1.30 bits per heavy atom. The largest absolute Gasteiger partial charge is 0.342 e. The summed E-state index contributed by atoms with van der Waals surface area (Å²) >= 11 is 0. The van der Waals surface area contributed by atoms with Crippen LogP contribution in [-0.2, 0) is 5.54 Å². The molecular weight excluding hydrogens is 348 g/mol. The molecule has 2 N–H and O–H groups in total. The number of carbonyl (C=O) groups is 1. The lowest BCUT2D eigenvalue weighted by Gasteiger charge is -2.26. The van der Waals surface area contributed by atoms with E-state index in [9.17, 15) is 14.9 Å². The number of benzene rings is 1. The Morgan fingerprint density at radius 2 is 1.93 bits per heavy atom. The Bertz CT molecular complexity index is 837. The van der Waals surface area contributed by atoms with Gasteiger partial charge in [-0.1, -0.05) is 5.21 Å². The molecule has 0 aliphatic carbocycles. The summed E-state index contributed by atoms with van der Waals surface area (Å²) in [4.78, 5) is 23.1. The Morgan fingerprint density at radius 3 is 2.52 bits per heavy atom. The number of nitro groups is 1. The predicted molar refractivity (Wildman–Crippen MR) is 99.5 cm³/mol. The third kappa shape index (κ3) is 3.97. The average molecular weight is 372 g/mol. The van der Waals surface area contributed by atoms with Crippen LogP contribution >= 0.6 is 0 Å². The molecule has 0 bridgehead atoms.